The second-order valence-electron chi connectivity index (χ2n) is 4.40. The van der Waals surface area contributed by atoms with Crippen molar-refractivity contribution in [3.8, 4) is 0 Å². The van der Waals surface area contributed by atoms with E-state index in [9.17, 15) is 4.79 Å². The van der Waals surface area contributed by atoms with E-state index in [1.807, 2.05) is 17.4 Å². The lowest BCUT2D eigenvalue weighted by Gasteiger charge is -2.31. The van der Waals surface area contributed by atoms with Crippen LogP contribution in [0.15, 0.2) is 12.4 Å². The van der Waals surface area contributed by atoms with E-state index in [0.717, 1.165) is 37.5 Å². The Morgan fingerprint density at radius 1 is 1.71 bits per heavy atom. The molecule has 0 aromatic carbocycles. The highest BCUT2D eigenvalue weighted by atomic mass is 32.2. The van der Waals surface area contributed by atoms with E-state index in [0.29, 0.717) is 12.3 Å². The first-order chi connectivity index (χ1) is 8.31. The van der Waals surface area contributed by atoms with Crippen LogP contribution in [0.2, 0.25) is 0 Å². The molecule has 4 nitrogen and oxygen atoms in total. The van der Waals surface area contributed by atoms with E-state index in [-0.39, 0.29) is 5.91 Å². The Kier molecular flexibility index (Phi) is 4.48. The molecule has 2 rings (SSSR count). The van der Waals surface area contributed by atoms with Crippen molar-refractivity contribution in [1.82, 2.24) is 14.9 Å². The summed E-state index contributed by atoms with van der Waals surface area (Å²) in [6, 6.07) is 0. The van der Waals surface area contributed by atoms with E-state index in [2.05, 4.69) is 9.97 Å². The highest BCUT2D eigenvalue weighted by Gasteiger charge is 2.25. The molecule has 0 aliphatic carbocycles. The van der Waals surface area contributed by atoms with Crippen LogP contribution in [0.1, 0.15) is 31.0 Å². The quantitative estimate of drug-likeness (QED) is 0.891. The number of nitrogens with one attached hydrogen (secondary N) is 1. The fourth-order valence-electron chi connectivity index (χ4n) is 2.28. The largest absolute Gasteiger partial charge is 0.348 e. The topological polar surface area (TPSA) is 49.0 Å². The van der Waals surface area contributed by atoms with Gasteiger partial charge in [0.15, 0.2) is 0 Å². The van der Waals surface area contributed by atoms with Crippen molar-refractivity contribution in [3.05, 3.63) is 18.2 Å². The van der Waals surface area contributed by atoms with Crippen molar-refractivity contribution in [1.29, 1.82) is 0 Å². The molecule has 17 heavy (non-hydrogen) atoms. The SMILES string of the molecule is CSCCC(=O)N1CCC[C@H](c2ncc[nH]2)C1. The Bertz CT molecular complexity index is 353. The van der Waals surface area contributed by atoms with E-state index in [1.165, 1.54) is 0 Å². The Balaban J connectivity index is 1.90. The summed E-state index contributed by atoms with van der Waals surface area (Å²) in [5.74, 6) is 2.61. The van der Waals surface area contributed by atoms with E-state index in [4.69, 9.17) is 0 Å². The maximum Gasteiger partial charge on any atom is 0.223 e. The van der Waals surface area contributed by atoms with Crippen LogP contribution in [0, 0.1) is 0 Å². The number of imidazole rings is 1. The molecule has 1 amide bonds. The van der Waals surface area contributed by atoms with Gasteiger partial charge in [-0.2, -0.15) is 11.8 Å². The smallest absolute Gasteiger partial charge is 0.223 e. The Morgan fingerprint density at radius 3 is 3.29 bits per heavy atom. The molecule has 1 N–H and O–H groups in total. The number of aromatic nitrogens is 2. The summed E-state index contributed by atoms with van der Waals surface area (Å²) in [5, 5.41) is 0. The van der Waals surface area contributed by atoms with Crippen LogP contribution in [-0.2, 0) is 4.79 Å². The van der Waals surface area contributed by atoms with Gasteiger partial charge in [0, 0.05) is 43.6 Å². The molecular formula is C12H19N3OS. The van der Waals surface area contributed by atoms with Crippen LogP contribution < -0.4 is 0 Å². The third-order valence-corrected chi connectivity index (χ3v) is 3.81. The summed E-state index contributed by atoms with van der Waals surface area (Å²) in [4.78, 5) is 21.4. The van der Waals surface area contributed by atoms with Gasteiger partial charge in [-0.05, 0) is 19.1 Å². The second kappa shape index (κ2) is 6.10. The molecule has 0 radical (unpaired) electrons. The monoisotopic (exact) mass is 253 g/mol. The Labute approximate surface area is 106 Å². The normalized spacial score (nSPS) is 20.5. The van der Waals surface area contributed by atoms with Crippen LogP contribution in [0.25, 0.3) is 0 Å². The zero-order valence-corrected chi connectivity index (χ0v) is 11.0. The van der Waals surface area contributed by atoms with Gasteiger partial charge in [-0.25, -0.2) is 4.98 Å². The molecule has 0 bridgehead atoms. The van der Waals surface area contributed by atoms with Crippen LogP contribution in [-0.4, -0.2) is 45.9 Å². The maximum atomic E-state index is 12.0. The van der Waals surface area contributed by atoms with Gasteiger partial charge in [-0.15, -0.1) is 0 Å². The molecule has 0 spiro atoms. The molecule has 94 valence electrons. The molecule has 1 aliphatic heterocycles. The van der Waals surface area contributed by atoms with Crippen molar-refractivity contribution in [2.75, 3.05) is 25.1 Å². The number of thioether (sulfide) groups is 1. The maximum absolute atomic E-state index is 12.0. The van der Waals surface area contributed by atoms with Crippen LogP contribution >= 0.6 is 11.8 Å². The molecule has 1 aromatic heterocycles. The van der Waals surface area contributed by atoms with Gasteiger partial charge in [0.2, 0.25) is 5.91 Å². The Hall–Kier alpha value is -0.970. The highest BCUT2D eigenvalue weighted by Crippen LogP contribution is 2.24. The molecule has 0 unspecified atom stereocenters. The predicted molar refractivity (Wildman–Crippen MR) is 70.1 cm³/mol. The number of carbonyl (C=O) groups is 1. The minimum atomic E-state index is 0.288. The van der Waals surface area contributed by atoms with Crippen LogP contribution in [0.5, 0.6) is 0 Å². The summed E-state index contributed by atoms with van der Waals surface area (Å²) in [6.45, 7) is 1.73. The molecule has 1 aliphatic rings. The summed E-state index contributed by atoms with van der Waals surface area (Å²) in [7, 11) is 0. The van der Waals surface area contributed by atoms with Gasteiger partial charge in [-0.1, -0.05) is 0 Å². The highest BCUT2D eigenvalue weighted by molar-refractivity contribution is 7.98. The Morgan fingerprint density at radius 2 is 2.59 bits per heavy atom. The van der Waals surface area contributed by atoms with Crippen molar-refractivity contribution in [2.45, 2.75) is 25.2 Å². The molecule has 2 heterocycles. The van der Waals surface area contributed by atoms with Crippen LogP contribution in [0.3, 0.4) is 0 Å². The molecule has 0 saturated carbocycles. The zero-order valence-electron chi connectivity index (χ0n) is 10.2. The van der Waals surface area contributed by atoms with Gasteiger partial charge in [0.05, 0.1) is 0 Å². The van der Waals surface area contributed by atoms with E-state index < -0.39 is 0 Å². The summed E-state index contributed by atoms with van der Waals surface area (Å²) in [5.41, 5.74) is 0. The summed E-state index contributed by atoms with van der Waals surface area (Å²) in [6.07, 6.45) is 8.53. The lowest BCUT2D eigenvalue weighted by atomic mass is 9.97. The number of nitrogens with zero attached hydrogens (tertiary/aromatic N) is 2. The number of piperidine rings is 1. The number of H-pyrrole nitrogens is 1. The number of likely N-dealkylation sites (tertiary alicyclic amines) is 1. The lowest BCUT2D eigenvalue weighted by molar-refractivity contribution is -0.131. The number of rotatable bonds is 4. The van der Waals surface area contributed by atoms with E-state index >= 15 is 0 Å². The average molecular weight is 253 g/mol. The van der Waals surface area contributed by atoms with Crippen molar-refractivity contribution >= 4 is 17.7 Å². The van der Waals surface area contributed by atoms with Crippen molar-refractivity contribution in [2.24, 2.45) is 0 Å². The minimum Gasteiger partial charge on any atom is -0.348 e. The first-order valence-electron chi connectivity index (χ1n) is 6.07. The first-order valence-corrected chi connectivity index (χ1v) is 7.46. The zero-order chi connectivity index (χ0) is 12.1. The average Bonchev–Trinajstić information content (AvgIpc) is 2.90. The number of aromatic amines is 1. The van der Waals surface area contributed by atoms with Gasteiger partial charge in [0.1, 0.15) is 5.82 Å². The third-order valence-electron chi connectivity index (χ3n) is 3.20. The van der Waals surface area contributed by atoms with Gasteiger partial charge in [0.25, 0.3) is 0 Å². The van der Waals surface area contributed by atoms with Crippen LogP contribution in [0.4, 0.5) is 0 Å². The third kappa shape index (κ3) is 3.25. The van der Waals surface area contributed by atoms with E-state index in [1.54, 1.807) is 18.0 Å². The van der Waals surface area contributed by atoms with Crippen molar-refractivity contribution in [3.63, 3.8) is 0 Å². The van der Waals surface area contributed by atoms with Gasteiger partial charge in [-0.3, -0.25) is 4.79 Å². The molecular weight excluding hydrogens is 234 g/mol. The fourth-order valence-corrected chi connectivity index (χ4v) is 2.65. The molecule has 1 fully saturated rings. The standard InChI is InChI=1S/C12H19N3OS/c1-17-8-4-11(16)15-7-2-3-10(9-15)12-13-5-6-14-12/h5-6,10H,2-4,7-9H2,1H3,(H,13,14)/t10-/m0/s1. The number of amides is 1. The first kappa shape index (κ1) is 12.5. The van der Waals surface area contributed by atoms with Gasteiger partial charge < -0.3 is 9.88 Å². The molecule has 5 heteroatoms. The molecule has 1 aromatic rings. The predicted octanol–water partition coefficient (Wildman–Crippen LogP) is 1.87. The number of carbonyl (C=O) groups excluding carboxylic acids is 1. The summed E-state index contributed by atoms with van der Waals surface area (Å²) < 4.78 is 0. The fraction of sp³-hybridized carbons (Fsp3) is 0.667. The minimum absolute atomic E-state index is 0.288. The van der Waals surface area contributed by atoms with Crippen molar-refractivity contribution < 1.29 is 4.79 Å². The number of hydrogen-bond donors (Lipinski definition) is 1. The number of hydrogen-bond acceptors (Lipinski definition) is 3. The van der Waals surface area contributed by atoms with Gasteiger partial charge >= 0.3 is 0 Å². The lowest BCUT2D eigenvalue weighted by Crippen LogP contribution is -2.39. The summed E-state index contributed by atoms with van der Waals surface area (Å²) >= 11 is 1.73. The molecule has 1 atom stereocenters. The second-order valence-corrected chi connectivity index (χ2v) is 5.38. The molecule has 1 saturated heterocycles.